The fourth-order valence-electron chi connectivity index (χ4n) is 1.66. The van der Waals surface area contributed by atoms with E-state index >= 15 is 0 Å². The lowest BCUT2D eigenvalue weighted by Gasteiger charge is -2.18. The summed E-state index contributed by atoms with van der Waals surface area (Å²) in [5, 5.41) is 9.73. The van der Waals surface area contributed by atoms with Crippen LogP contribution in [0.25, 0.3) is 0 Å². The first-order valence-corrected chi connectivity index (χ1v) is 4.56. The van der Waals surface area contributed by atoms with Gasteiger partial charge in [-0.15, -0.1) is 0 Å². The SMILES string of the molecule is CC(C)=CC(O)C1CCOC1C. The zero-order chi connectivity index (χ0) is 9.14. The third kappa shape index (κ3) is 2.32. The summed E-state index contributed by atoms with van der Waals surface area (Å²) in [5.74, 6) is 0.292. The number of hydrogen-bond donors (Lipinski definition) is 1. The fourth-order valence-corrected chi connectivity index (χ4v) is 1.66. The lowest BCUT2D eigenvalue weighted by atomic mass is 9.95. The van der Waals surface area contributed by atoms with Crippen LogP contribution in [0.5, 0.6) is 0 Å². The molecule has 2 heteroatoms. The molecule has 1 heterocycles. The highest BCUT2D eigenvalue weighted by Gasteiger charge is 2.29. The Bertz CT molecular complexity index is 171. The molecule has 3 unspecified atom stereocenters. The first-order chi connectivity index (χ1) is 5.61. The summed E-state index contributed by atoms with van der Waals surface area (Å²) in [6.45, 7) is 6.83. The summed E-state index contributed by atoms with van der Waals surface area (Å²) in [6.07, 6.45) is 2.77. The zero-order valence-corrected chi connectivity index (χ0v) is 8.08. The van der Waals surface area contributed by atoms with E-state index in [1.165, 1.54) is 5.57 Å². The normalized spacial score (nSPS) is 31.7. The largest absolute Gasteiger partial charge is 0.389 e. The maximum Gasteiger partial charge on any atom is 0.0777 e. The first-order valence-electron chi connectivity index (χ1n) is 4.56. The molecule has 0 aromatic heterocycles. The van der Waals surface area contributed by atoms with Gasteiger partial charge in [-0.1, -0.05) is 11.6 Å². The second-order valence-corrected chi connectivity index (χ2v) is 3.76. The molecular weight excluding hydrogens is 152 g/mol. The Kier molecular flexibility index (Phi) is 3.29. The summed E-state index contributed by atoms with van der Waals surface area (Å²) in [6, 6.07) is 0. The number of rotatable bonds is 2. The van der Waals surface area contributed by atoms with Crippen LogP contribution < -0.4 is 0 Å². The number of allylic oxidation sites excluding steroid dienone is 1. The Labute approximate surface area is 74.2 Å². The molecule has 3 atom stereocenters. The number of hydrogen-bond acceptors (Lipinski definition) is 2. The quantitative estimate of drug-likeness (QED) is 0.640. The highest BCUT2D eigenvalue weighted by molar-refractivity contribution is 5.01. The predicted octanol–water partition coefficient (Wildman–Crippen LogP) is 1.74. The smallest absolute Gasteiger partial charge is 0.0777 e. The molecule has 2 nitrogen and oxygen atoms in total. The third-order valence-corrected chi connectivity index (χ3v) is 2.38. The van der Waals surface area contributed by atoms with Gasteiger partial charge >= 0.3 is 0 Å². The first kappa shape index (κ1) is 9.75. The maximum absolute atomic E-state index is 9.73. The van der Waals surface area contributed by atoms with E-state index in [0.717, 1.165) is 13.0 Å². The van der Waals surface area contributed by atoms with Gasteiger partial charge in [0.1, 0.15) is 0 Å². The molecular formula is C10H18O2. The van der Waals surface area contributed by atoms with Gasteiger partial charge in [-0.2, -0.15) is 0 Å². The monoisotopic (exact) mass is 170 g/mol. The Hall–Kier alpha value is -0.340. The standard InChI is InChI=1S/C10H18O2/c1-7(2)6-10(11)9-4-5-12-8(9)3/h6,8-11H,4-5H2,1-3H3. The lowest BCUT2D eigenvalue weighted by Crippen LogP contribution is -2.24. The van der Waals surface area contributed by atoms with Crippen LogP contribution in [0.3, 0.4) is 0 Å². The second kappa shape index (κ2) is 4.06. The molecule has 0 radical (unpaired) electrons. The summed E-state index contributed by atoms with van der Waals surface area (Å²) < 4.78 is 5.38. The van der Waals surface area contributed by atoms with Gasteiger partial charge in [0.25, 0.3) is 0 Å². The van der Waals surface area contributed by atoms with E-state index in [1.54, 1.807) is 0 Å². The van der Waals surface area contributed by atoms with Crippen LogP contribution in [0.2, 0.25) is 0 Å². The second-order valence-electron chi connectivity index (χ2n) is 3.76. The topological polar surface area (TPSA) is 29.5 Å². The molecule has 1 fully saturated rings. The Balaban J connectivity index is 2.51. The molecule has 0 bridgehead atoms. The minimum absolute atomic E-state index is 0.204. The van der Waals surface area contributed by atoms with E-state index in [1.807, 2.05) is 26.8 Å². The van der Waals surface area contributed by atoms with Crippen molar-refractivity contribution in [3.63, 3.8) is 0 Å². The van der Waals surface area contributed by atoms with E-state index in [0.29, 0.717) is 5.92 Å². The predicted molar refractivity (Wildman–Crippen MR) is 49.0 cm³/mol. The van der Waals surface area contributed by atoms with Gasteiger partial charge in [0, 0.05) is 12.5 Å². The summed E-state index contributed by atoms with van der Waals surface area (Å²) in [5.41, 5.74) is 1.17. The maximum atomic E-state index is 9.73. The van der Waals surface area contributed by atoms with E-state index in [-0.39, 0.29) is 12.2 Å². The van der Waals surface area contributed by atoms with Crippen LogP contribution in [0.4, 0.5) is 0 Å². The van der Waals surface area contributed by atoms with Crippen LogP contribution in [-0.2, 0) is 4.74 Å². The lowest BCUT2D eigenvalue weighted by molar-refractivity contribution is 0.0637. The molecule has 0 aliphatic carbocycles. The van der Waals surface area contributed by atoms with Crippen LogP contribution in [0.1, 0.15) is 27.2 Å². The minimum atomic E-state index is -0.326. The zero-order valence-electron chi connectivity index (χ0n) is 8.08. The van der Waals surface area contributed by atoms with Crippen LogP contribution in [0.15, 0.2) is 11.6 Å². The van der Waals surface area contributed by atoms with Crippen molar-refractivity contribution in [3.8, 4) is 0 Å². The number of aliphatic hydroxyl groups excluding tert-OH is 1. The summed E-state index contributed by atoms with van der Waals surface area (Å²) in [4.78, 5) is 0. The Morgan fingerprint density at radius 3 is 2.67 bits per heavy atom. The molecule has 1 aliphatic rings. The highest BCUT2D eigenvalue weighted by Crippen LogP contribution is 2.24. The van der Waals surface area contributed by atoms with Gasteiger partial charge < -0.3 is 9.84 Å². The molecule has 0 aromatic rings. The van der Waals surface area contributed by atoms with Gasteiger partial charge in [-0.25, -0.2) is 0 Å². The van der Waals surface area contributed by atoms with Crippen molar-refractivity contribution in [1.29, 1.82) is 0 Å². The minimum Gasteiger partial charge on any atom is -0.389 e. The van der Waals surface area contributed by atoms with Gasteiger partial charge in [-0.05, 0) is 27.2 Å². The summed E-state index contributed by atoms with van der Waals surface area (Å²) >= 11 is 0. The fraction of sp³-hybridized carbons (Fsp3) is 0.800. The number of aliphatic hydroxyl groups is 1. The van der Waals surface area contributed by atoms with Crippen molar-refractivity contribution in [2.45, 2.75) is 39.4 Å². The van der Waals surface area contributed by atoms with Crippen molar-refractivity contribution in [2.75, 3.05) is 6.61 Å². The van der Waals surface area contributed by atoms with Crippen LogP contribution in [0, 0.1) is 5.92 Å². The van der Waals surface area contributed by atoms with Crippen molar-refractivity contribution in [1.82, 2.24) is 0 Å². The molecule has 0 aromatic carbocycles. The molecule has 70 valence electrons. The molecule has 1 rings (SSSR count). The average Bonchev–Trinajstić information content (AvgIpc) is 2.33. The molecule has 1 saturated heterocycles. The Morgan fingerprint density at radius 2 is 2.25 bits per heavy atom. The molecule has 1 aliphatic heterocycles. The average molecular weight is 170 g/mol. The Morgan fingerprint density at radius 1 is 1.58 bits per heavy atom. The van der Waals surface area contributed by atoms with Crippen molar-refractivity contribution in [3.05, 3.63) is 11.6 Å². The molecule has 0 spiro atoms. The van der Waals surface area contributed by atoms with Crippen molar-refractivity contribution < 1.29 is 9.84 Å². The number of ether oxygens (including phenoxy) is 1. The third-order valence-electron chi connectivity index (χ3n) is 2.38. The van der Waals surface area contributed by atoms with Gasteiger partial charge in [0.15, 0.2) is 0 Å². The van der Waals surface area contributed by atoms with E-state index in [2.05, 4.69) is 0 Å². The van der Waals surface area contributed by atoms with Gasteiger partial charge in [0.2, 0.25) is 0 Å². The highest BCUT2D eigenvalue weighted by atomic mass is 16.5. The van der Waals surface area contributed by atoms with Crippen LogP contribution >= 0.6 is 0 Å². The van der Waals surface area contributed by atoms with Gasteiger partial charge in [-0.3, -0.25) is 0 Å². The van der Waals surface area contributed by atoms with Crippen molar-refractivity contribution in [2.24, 2.45) is 5.92 Å². The van der Waals surface area contributed by atoms with Crippen LogP contribution in [-0.4, -0.2) is 23.9 Å². The van der Waals surface area contributed by atoms with E-state index in [9.17, 15) is 5.11 Å². The summed E-state index contributed by atoms with van der Waals surface area (Å²) in [7, 11) is 0. The van der Waals surface area contributed by atoms with E-state index in [4.69, 9.17) is 4.74 Å². The molecule has 1 N–H and O–H groups in total. The van der Waals surface area contributed by atoms with Gasteiger partial charge in [0.05, 0.1) is 12.2 Å². The molecule has 0 amide bonds. The van der Waals surface area contributed by atoms with Crippen molar-refractivity contribution >= 4 is 0 Å². The molecule has 12 heavy (non-hydrogen) atoms. The van der Waals surface area contributed by atoms with E-state index < -0.39 is 0 Å². The molecule has 0 saturated carbocycles.